The minimum Gasteiger partial charge on any atom is -0.378 e. The number of amides is 1. The maximum atomic E-state index is 12.6. The number of hydrogen-bond acceptors (Lipinski definition) is 4. The maximum absolute atomic E-state index is 12.6. The minimum atomic E-state index is 0.115. The summed E-state index contributed by atoms with van der Waals surface area (Å²) < 4.78 is 5.41. The number of carbonyl (C=O) groups excluding carboxylic acids is 1. The Hall–Kier alpha value is -2.53. The maximum Gasteiger partial charge on any atom is 0.223 e. The zero-order chi connectivity index (χ0) is 20.1. The van der Waals surface area contributed by atoms with Crippen LogP contribution >= 0.6 is 0 Å². The topological polar surface area (TPSA) is 44.8 Å². The van der Waals surface area contributed by atoms with Crippen molar-refractivity contribution in [3.05, 3.63) is 59.7 Å². The second-order valence-electron chi connectivity index (χ2n) is 8.08. The van der Waals surface area contributed by atoms with E-state index in [1.807, 2.05) is 0 Å². The molecule has 2 saturated heterocycles. The SMILES string of the molecule is Cc1ccc(N2CCC(C(=O)NCc3ccc(N4CCOCC4)cc3)CC2)cc1. The fourth-order valence-electron chi connectivity index (χ4n) is 4.14. The zero-order valence-electron chi connectivity index (χ0n) is 17.3. The van der Waals surface area contributed by atoms with Gasteiger partial charge >= 0.3 is 0 Å². The molecule has 4 rings (SSSR count). The van der Waals surface area contributed by atoms with Gasteiger partial charge in [-0.3, -0.25) is 4.79 Å². The van der Waals surface area contributed by atoms with Crippen LogP contribution in [0, 0.1) is 12.8 Å². The second kappa shape index (κ2) is 9.31. The summed E-state index contributed by atoms with van der Waals surface area (Å²) in [6.07, 6.45) is 1.82. The molecule has 0 bridgehead atoms. The van der Waals surface area contributed by atoms with Gasteiger partial charge in [-0.2, -0.15) is 0 Å². The van der Waals surface area contributed by atoms with Gasteiger partial charge in [0.1, 0.15) is 0 Å². The average Bonchev–Trinajstić information content (AvgIpc) is 2.79. The second-order valence-corrected chi connectivity index (χ2v) is 8.08. The van der Waals surface area contributed by atoms with Crippen molar-refractivity contribution in [3.63, 3.8) is 0 Å². The van der Waals surface area contributed by atoms with Crippen molar-refractivity contribution in [1.82, 2.24) is 5.32 Å². The molecule has 0 aromatic heterocycles. The lowest BCUT2D eigenvalue weighted by molar-refractivity contribution is -0.125. The molecule has 2 aromatic carbocycles. The van der Waals surface area contributed by atoms with Crippen LogP contribution in [-0.4, -0.2) is 45.3 Å². The molecule has 2 aliphatic heterocycles. The van der Waals surface area contributed by atoms with Crippen LogP contribution in [0.1, 0.15) is 24.0 Å². The average molecular weight is 394 g/mol. The number of anilines is 2. The Labute approximate surface area is 173 Å². The molecule has 2 aromatic rings. The molecule has 0 aliphatic carbocycles. The van der Waals surface area contributed by atoms with Crippen LogP contribution in [0.3, 0.4) is 0 Å². The van der Waals surface area contributed by atoms with E-state index in [9.17, 15) is 4.79 Å². The summed E-state index contributed by atoms with van der Waals surface area (Å²) in [5.41, 5.74) is 4.91. The van der Waals surface area contributed by atoms with E-state index in [0.29, 0.717) is 6.54 Å². The van der Waals surface area contributed by atoms with E-state index in [1.54, 1.807) is 0 Å². The van der Waals surface area contributed by atoms with Crippen LogP contribution in [0.5, 0.6) is 0 Å². The molecule has 0 saturated carbocycles. The van der Waals surface area contributed by atoms with Gasteiger partial charge < -0.3 is 19.9 Å². The summed E-state index contributed by atoms with van der Waals surface area (Å²) in [4.78, 5) is 17.3. The van der Waals surface area contributed by atoms with Crippen LogP contribution in [0.25, 0.3) is 0 Å². The number of morpholine rings is 1. The third kappa shape index (κ3) is 5.10. The molecule has 0 unspecified atom stereocenters. The van der Waals surface area contributed by atoms with Crippen molar-refractivity contribution in [3.8, 4) is 0 Å². The zero-order valence-corrected chi connectivity index (χ0v) is 17.3. The van der Waals surface area contributed by atoms with Crippen LogP contribution in [-0.2, 0) is 16.1 Å². The predicted molar refractivity (Wildman–Crippen MR) is 117 cm³/mol. The van der Waals surface area contributed by atoms with Gasteiger partial charge in [-0.15, -0.1) is 0 Å². The number of piperidine rings is 1. The molecule has 1 N–H and O–H groups in total. The van der Waals surface area contributed by atoms with Crippen molar-refractivity contribution in [2.75, 3.05) is 49.2 Å². The first-order valence-electron chi connectivity index (χ1n) is 10.7. The molecule has 2 aliphatic rings. The standard InChI is InChI=1S/C24H31N3O2/c1-19-2-6-22(7-3-19)26-12-10-21(11-13-26)24(28)25-18-20-4-8-23(9-5-20)27-14-16-29-17-15-27/h2-9,21H,10-18H2,1H3,(H,25,28). The third-order valence-electron chi connectivity index (χ3n) is 6.04. The summed E-state index contributed by atoms with van der Waals surface area (Å²) >= 11 is 0. The molecule has 0 atom stereocenters. The highest BCUT2D eigenvalue weighted by atomic mass is 16.5. The molecular weight excluding hydrogens is 362 g/mol. The van der Waals surface area contributed by atoms with Gasteiger partial charge in [0.25, 0.3) is 0 Å². The highest BCUT2D eigenvalue weighted by molar-refractivity contribution is 5.79. The molecule has 1 amide bonds. The molecule has 29 heavy (non-hydrogen) atoms. The lowest BCUT2D eigenvalue weighted by atomic mass is 9.95. The fraction of sp³-hybridized carbons (Fsp3) is 0.458. The van der Waals surface area contributed by atoms with E-state index >= 15 is 0 Å². The van der Waals surface area contributed by atoms with Crippen LogP contribution < -0.4 is 15.1 Å². The summed E-state index contributed by atoms with van der Waals surface area (Å²) in [6, 6.07) is 17.2. The Bertz CT molecular complexity index is 790. The summed E-state index contributed by atoms with van der Waals surface area (Å²) in [6.45, 7) is 8.05. The molecule has 5 nitrogen and oxygen atoms in total. The number of aryl methyl sites for hydroxylation is 1. The molecular formula is C24H31N3O2. The van der Waals surface area contributed by atoms with E-state index in [2.05, 4.69) is 70.6 Å². The number of hydrogen-bond donors (Lipinski definition) is 1. The van der Waals surface area contributed by atoms with Crippen LogP contribution in [0.2, 0.25) is 0 Å². The fourth-order valence-corrected chi connectivity index (χ4v) is 4.14. The lowest BCUT2D eigenvalue weighted by Crippen LogP contribution is -2.40. The van der Waals surface area contributed by atoms with Gasteiger partial charge in [-0.25, -0.2) is 0 Å². The molecule has 5 heteroatoms. The van der Waals surface area contributed by atoms with Crippen LogP contribution in [0.15, 0.2) is 48.5 Å². The van der Waals surface area contributed by atoms with Gasteiger partial charge in [-0.1, -0.05) is 29.8 Å². The van der Waals surface area contributed by atoms with Gasteiger partial charge in [0.05, 0.1) is 13.2 Å². The highest BCUT2D eigenvalue weighted by Gasteiger charge is 2.25. The number of carbonyl (C=O) groups is 1. The molecule has 0 radical (unpaired) electrons. The van der Waals surface area contributed by atoms with Gasteiger partial charge in [0.2, 0.25) is 5.91 Å². The molecule has 2 heterocycles. The third-order valence-corrected chi connectivity index (χ3v) is 6.04. The first-order chi connectivity index (χ1) is 14.2. The summed E-state index contributed by atoms with van der Waals surface area (Å²) in [5, 5.41) is 3.14. The normalized spacial score (nSPS) is 18.0. The molecule has 154 valence electrons. The Balaban J connectivity index is 1.23. The quantitative estimate of drug-likeness (QED) is 0.846. The summed E-state index contributed by atoms with van der Waals surface area (Å²) in [5.74, 6) is 0.301. The number of nitrogens with zero attached hydrogens (tertiary/aromatic N) is 2. The minimum absolute atomic E-state index is 0.115. The largest absolute Gasteiger partial charge is 0.378 e. The Kier molecular flexibility index (Phi) is 6.35. The Morgan fingerprint density at radius 1 is 0.897 bits per heavy atom. The van der Waals surface area contributed by atoms with E-state index in [4.69, 9.17) is 4.74 Å². The number of ether oxygens (including phenoxy) is 1. The Morgan fingerprint density at radius 2 is 1.45 bits per heavy atom. The van der Waals surface area contributed by atoms with E-state index < -0.39 is 0 Å². The van der Waals surface area contributed by atoms with Crippen molar-refractivity contribution < 1.29 is 9.53 Å². The van der Waals surface area contributed by atoms with Gasteiger partial charge in [0.15, 0.2) is 0 Å². The predicted octanol–water partition coefficient (Wildman–Crippen LogP) is 3.36. The number of benzene rings is 2. The first-order valence-corrected chi connectivity index (χ1v) is 10.7. The Morgan fingerprint density at radius 3 is 2.07 bits per heavy atom. The van der Waals surface area contributed by atoms with Gasteiger partial charge in [0, 0.05) is 50.0 Å². The van der Waals surface area contributed by atoms with Gasteiger partial charge in [-0.05, 0) is 49.6 Å². The van der Waals surface area contributed by atoms with Crippen molar-refractivity contribution >= 4 is 17.3 Å². The lowest BCUT2D eigenvalue weighted by Gasteiger charge is -2.33. The number of nitrogens with one attached hydrogen (secondary N) is 1. The van der Waals surface area contributed by atoms with Crippen molar-refractivity contribution in [1.29, 1.82) is 0 Å². The van der Waals surface area contributed by atoms with E-state index in [0.717, 1.165) is 57.8 Å². The van der Waals surface area contributed by atoms with Crippen LogP contribution in [0.4, 0.5) is 11.4 Å². The summed E-state index contributed by atoms with van der Waals surface area (Å²) in [7, 11) is 0. The molecule has 0 spiro atoms. The van der Waals surface area contributed by atoms with E-state index in [-0.39, 0.29) is 11.8 Å². The van der Waals surface area contributed by atoms with Crippen molar-refractivity contribution in [2.45, 2.75) is 26.3 Å². The van der Waals surface area contributed by atoms with E-state index in [1.165, 1.54) is 16.9 Å². The smallest absolute Gasteiger partial charge is 0.223 e. The monoisotopic (exact) mass is 393 g/mol. The molecule has 2 fully saturated rings. The highest BCUT2D eigenvalue weighted by Crippen LogP contribution is 2.24. The first kappa shape index (κ1) is 19.8. The van der Waals surface area contributed by atoms with Crippen molar-refractivity contribution in [2.24, 2.45) is 5.92 Å². The number of rotatable bonds is 5.